The second-order valence-corrected chi connectivity index (χ2v) is 3.88. The second-order valence-electron chi connectivity index (χ2n) is 3.88. The van der Waals surface area contributed by atoms with Gasteiger partial charge in [-0.15, -0.1) is 0 Å². The van der Waals surface area contributed by atoms with E-state index in [1.807, 2.05) is 0 Å². The van der Waals surface area contributed by atoms with Gasteiger partial charge in [0.05, 0.1) is 26.1 Å². The van der Waals surface area contributed by atoms with Gasteiger partial charge in [0.1, 0.15) is 5.75 Å². The molecule has 0 heterocycles. The molecule has 3 nitrogen and oxygen atoms in total. The fourth-order valence-electron chi connectivity index (χ4n) is 1.67. The van der Waals surface area contributed by atoms with Crippen molar-refractivity contribution in [2.45, 2.75) is 25.4 Å². The van der Waals surface area contributed by atoms with Gasteiger partial charge >= 0.3 is 12.1 Å². The highest BCUT2D eigenvalue weighted by molar-refractivity contribution is 5.70. The van der Waals surface area contributed by atoms with Crippen LogP contribution in [0.3, 0.4) is 0 Å². The number of alkyl halides is 3. The Balaban J connectivity index is 2.99. The molecule has 1 aromatic rings. The number of rotatable bonds is 5. The predicted octanol–water partition coefficient (Wildman–Crippen LogP) is 3.29. The van der Waals surface area contributed by atoms with Crippen molar-refractivity contribution in [2.75, 3.05) is 13.7 Å². The van der Waals surface area contributed by atoms with Gasteiger partial charge in [-0.25, -0.2) is 0 Å². The Morgan fingerprint density at radius 1 is 1.37 bits per heavy atom. The van der Waals surface area contributed by atoms with E-state index in [0.717, 1.165) is 0 Å². The Bertz CT molecular complexity index is 429. The van der Waals surface area contributed by atoms with Gasteiger partial charge in [-0.3, -0.25) is 4.79 Å². The molecule has 0 saturated carbocycles. The lowest BCUT2D eigenvalue weighted by atomic mass is 9.95. The minimum Gasteiger partial charge on any atom is -0.497 e. The summed E-state index contributed by atoms with van der Waals surface area (Å²) in [5, 5.41) is 0. The molecule has 0 saturated heterocycles. The van der Waals surface area contributed by atoms with Crippen LogP contribution in [0.5, 0.6) is 5.75 Å². The van der Waals surface area contributed by atoms with Crippen molar-refractivity contribution >= 4 is 5.97 Å². The number of hydrogen-bond donors (Lipinski definition) is 0. The van der Waals surface area contributed by atoms with Crippen LogP contribution in [0, 0.1) is 0 Å². The molecule has 0 N–H and O–H groups in total. The van der Waals surface area contributed by atoms with E-state index in [4.69, 9.17) is 4.74 Å². The number of ether oxygens (including phenoxy) is 2. The molecular weight excluding hydrogens is 261 g/mol. The number of carbonyl (C=O) groups excluding carboxylic acids is 1. The third-order valence-corrected chi connectivity index (χ3v) is 2.57. The first-order chi connectivity index (χ1) is 8.88. The molecule has 1 atom stereocenters. The average Bonchev–Trinajstić information content (AvgIpc) is 2.35. The highest BCUT2D eigenvalue weighted by Gasteiger charge is 2.42. The smallest absolute Gasteiger partial charge is 0.396 e. The van der Waals surface area contributed by atoms with Gasteiger partial charge in [0.2, 0.25) is 0 Å². The fraction of sp³-hybridized carbons (Fsp3) is 0.462. The zero-order valence-electron chi connectivity index (χ0n) is 10.7. The molecule has 0 aliphatic heterocycles. The van der Waals surface area contributed by atoms with E-state index in [0.29, 0.717) is 5.75 Å². The summed E-state index contributed by atoms with van der Waals surface area (Å²) in [5.41, 5.74) is -0.0140. The minimum absolute atomic E-state index is 0.0140. The van der Waals surface area contributed by atoms with E-state index in [1.54, 1.807) is 13.0 Å². The number of hydrogen-bond acceptors (Lipinski definition) is 3. The minimum atomic E-state index is -4.51. The summed E-state index contributed by atoms with van der Waals surface area (Å²) >= 11 is 0. The largest absolute Gasteiger partial charge is 0.497 e. The standard InChI is InChI=1S/C13H15F3O3/c1-3-19-12(17)8-11(13(14,15)16)9-5-4-6-10(7-9)18-2/h4-7,11H,3,8H2,1-2H3. The van der Waals surface area contributed by atoms with Crippen LogP contribution in [0.2, 0.25) is 0 Å². The monoisotopic (exact) mass is 276 g/mol. The van der Waals surface area contributed by atoms with Crippen LogP contribution >= 0.6 is 0 Å². The van der Waals surface area contributed by atoms with Crippen molar-refractivity contribution in [2.24, 2.45) is 0 Å². The third-order valence-electron chi connectivity index (χ3n) is 2.57. The zero-order valence-corrected chi connectivity index (χ0v) is 10.7. The Hall–Kier alpha value is -1.72. The van der Waals surface area contributed by atoms with Gasteiger partial charge in [0.15, 0.2) is 0 Å². The maximum atomic E-state index is 13.0. The summed E-state index contributed by atoms with van der Waals surface area (Å²) in [6, 6.07) is 5.59. The molecular formula is C13H15F3O3. The molecule has 0 spiro atoms. The lowest BCUT2D eigenvalue weighted by Crippen LogP contribution is -2.24. The molecule has 0 bridgehead atoms. The van der Waals surface area contributed by atoms with Crippen LogP contribution in [0.15, 0.2) is 24.3 Å². The summed E-state index contributed by atoms with van der Waals surface area (Å²) in [4.78, 5) is 11.3. The first kappa shape index (κ1) is 15.3. The van der Waals surface area contributed by atoms with Gasteiger partial charge < -0.3 is 9.47 Å². The van der Waals surface area contributed by atoms with Crippen molar-refractivity contribution in [1.82, 2.24) is 0 Å². The lowest BCUT2D eigenvalue weighted by Gasteiger charge is -2.20. The number of halogens is 3. The highest BCUT2D eigenvalue weighted by atomic mass is 19.4. The molecule has 0 aliphatic carbocycles. The molecule has 1 rings (SSSR count). The fourth-order valence-corrected chi connectivity index (χ4v) is 1.67. The molecule has 0 aliphatic rings. The molecule has 0 fully saturated rings. The van der Waals surface area contributed by atoms with Crippen molar-refractivity contribution in [3.05, 3.63) is 29.8 Å². The Morgan fingerprint density at radius 3 is 2.58 bits per heavy atom. The third kappa shape index (κ3) is 4.46. The van der Waals surface area contributed by atoms with Crippen LogP contribution in [-0.4, -0.2) is 25.9 Å². The van der Waals surface area contributed by atoms with E-state index in [2.05, 4.69) is 4.74 Å². The Kier molecular flexibility index (Phi) is 5.20. The summed E-state index contributed by atoms with van der Waals surface area (Å²) in [7, 11) is 1.37. The SMILES string of the molecule is CCOC(=O)CC(c1cccc(OC)c1)C(F)(F)F. The molecule has 19 heavy (non-hydrogen) atoms. The topological polar surface area (TPSA) is 35.5 Å². The van der Waals surface area contributed by atoms with Crippen molar-refractivity contribution < 1.29 is 27.4 Å². The first-order valence-corrected chi connectivity index (χ1v) is 5.74. The maximum Gasteiger partial charge on any atom is 0.396 e. The molecule has 1 aromatic carbocycles. The molecule has 0 aromatic heterocycles. The first-order valence-electron chi connectivity index (χ1n) is 5.74. The van der Waals surface area contributed by atoms with Gasteiger partial charge in [-0.05, 0) is 24.6 Å². The van der Waals surface area contributed by atoms with Gasteiger partial charge in [0, 0.05) is 0 Å². The number of carbonyl (C=O) groups is 1. The molecule has 106 valence electrons. The Labute approximate surface area is 109 Å². The number of methoxy groups -OCH3 is 1. The van der Waals surface area contributed by atoms with Gasteiger partial charge in [-0.1, -0.05) is 12.1 Å². The van der Waals surface area contributed by atoms with E-state index >= 15 is 0 Å². The van der Waals surface area contributed by atoms with Crippen molar-refractivity contribution in [3.63, 3.8) is 0 Å². The van der Waals surface area contributed by atoms with Gasteiger partial charge in [0.25, 0.3) is 0 Å². The molecule has 1 unspecified atom stereocenters. The summed E-state index contributed by atoms with van der Waals surface area (Å²) < 4.78 is 48.4. The van der Waals surface area contributed by atoms with Gasteiger partial charge in [-0.2, -0.15) is 13.2 Å². The highest BCUT2D eigenvalue weighted by Crippen LogP contribution is 2.38. The van der Waals surface area contributed by atoms with Crippen molar-refractivity contribution in [1.29, 1.82) is 0 Å². The summed E-state index contributed by atoms with van der Waals surface area (Å²) in [6.45, 7) is 1.60. The summed E-state index contributed by atoms with van der Waals surface area (Å²) in [5.74, 6) is -2.44. The zero-order chi connectivity index (χ0) is 14.5. The van der Waals surface area contributed by atoms with Crippen LogP contribution < -0.4 is 4.74 Å². The quantitative estimate of drug-likeness (QED) is 0.774. The normalized spacial score (nSPS) is 12.9. The van der Waals surface area contributed by atoms with E-state index in [-0.39, 0.29) is 12.2 Å². The van der Waals surface area contributed by atoms with Crippen LogP contribution in [0.1, 0.15) is 24.8 Å². The summed E-state index contributed by atoms with van der Waals surface area (Å²) in [6.07, 6.45) is -5.25. The van der Waals surface area contributed by atoms with Crippen LogP contribution in [0.4, 0.5) is 13.2 Å². The molecule has 0 amide bonds. The molecule has 0 radical (unpaired) electrons. The Morgan fingerprint density at radius 2 is 2.05 bits per heavy atom. The van der Waals surface area contributed by atoms with Crippen LogP contribution in [0.25, 0.3) is 0 Å². The van der Waals surface area contributed by atoms with E-state index in [1.165, 1.54) is 25.3 Å². The van der Waals surface area contributed by atoms with E-state index in [9.17, 15) is 18.0 Å². The van der Waals surface area contributed by atoms with Crippen molar-refractivity contribution in [3.8, 4) is 5.75 Å². The lowest BCUT2D eigenvalue weighted by molar-refractivity contribution is -0.166. The van der Waals surface area contributed by atoms with Crippen LogP contribution in [-0.2, 0) is 9.53 Å². The molecule has 6 heteroatoms. The number of benzene rings is 1. The van der Waals surface area contributed by atoms with E-state index < -0.39 is 24.5 Å². The average molecular weight is 276 g/mol. The maximum absolute atomic E-state index is 13.0. The second kappa shape index (κ2) is 6.45. The number of esters is 1. The predicted molar refractivity (Wildman–Crippen MR) is 63.0 cm³/mol.